The Morgan fingerprint density at radius 1 is 1.14 bits per heavy atom. The van der Waals surface area contributed by atoms with Crippen molar-refractivity contribution in [3.8, 4) is 23.0 Å². The highest BCUT2D eigenvalue weighted by atomic mass is 35.5. The van der Waals surface area contributed by atoms with Crippen LogP contribution in [0.2, 0.25) is 5.02 Å². The zero-order chi connectivity index (χ0) is 19.1. The van der Waals surface area contributed by atoms with Gasteiger partial charge in [-0.3, -0.25) is 4.98 Å². The summed E-state index contributed by atoms with van der Waals surface area (Å²) >= 11 is 11.7. The van der Waals surface area contributed by atoms with E-state index in [1.54, 1.807) is 18.3 Å². The van der Waals surface area contributed by atoms with Crippen LogP contribution in [0.5, 0.6) is 23.0 Å². The van der Waals surface area contributed by atoms with Crippen molar-refractivity contribution in [3.05, 3.63) is 47.6 Å². The zero-order valence-electron chi connectivity index (χ0n) is 14.7. The quantitative estimate of drug-likeness (QED) is 0.592. The van der Waals surface area contributed by atoms with Crippen molar-refractivity contribution in [3.63, 3.8) is 0 Å². The summed E-state index contributed by atoms with van der Waals surface area (Å²) < 4.78 is 16.9. The lowest BCUT2D eigenvalue weighted by molar-refractivity contribution is 0.174. The molecule has 2 aliphatic rings. The molecule has 2 N–H and O–H groups in total. The summed E-state index contributed by atoms with van der Waals surface area (Å²) in [5.74, 6) is 2.64. The van der Waals surface area contributed by atoms with Gasteiger partial charge in [-0.15, -0.1) is 0 Å². The van der Waals surface area contributed by atoms with Crippen molar-refractivity contribution >= 4 is 45.5 Å². The summed E-state index contributed by atoms with van der Waals surface area (Å²) in [6.45, 7) is 0.212. The predicted octanol–water partition coefficient (Wildman–Crippen LogP) is 4.86. The van der Waals surface area contributed by atoms with Crippen molar-refractivity contribution < 1.29 is 14.2 Å². The third-order valence-electron chi connectivity index (χ3n) is 4.53. The van der Waals surface area contributed by atoms with E-state index in [0.717, 1.165) is 29.4 Å². The number of ether oxygens (including phenoxy) is 3. The number of aromatic nitrogens is 1. The molecule has 1 aromatic heterocycles. The van der Waals surface area contributed by atoms with Gasteiger partial charge in [0.1, 0.15) is 11.5 Å². The zero-order valence-corrected chi connectivity index (χ0v) is 16.3. The topological polar surface area (TPSA) is 64.6 Å². The molecular formula is C20H16ClN3O3S. The first-order valence-electron chi connectivity index (χ1n) is 8.89. The summed E-state index contributed by atoms with van der Waals surface area (Å²) in [6, 6.07) is 11.4. The SMILES string of the molecule is S=C(Nc1ccc(Oc2ccnc3cc4c(cc23)OCO4)cc1Cl)NC1CC1. The maximum atomic E-state index is 6.41. The van der Waals surface area contributed by atoms with Gasteiger partial charge in [0.15, 0.2) is 16.6 Å². The maximum absolute atomic E-state index is 6.41. The number of benzene rings is 2. The number of hydrogen-bond donors (Lipinski definition) is 2. The Morgan fingerprint density at radius 3 is 2.75 bits per heavy atom. The van der Waals surface area contributed by atoms with E-state index in [1.807, 2.05) is 24.3 Å². The van der Waals surface area contributed by atoms with Gasteiger partial charge in [-0.2, -0.15) is 0 Å². The fourth-order valence-corrected chi connectivity index (χ4v) is 3.45. The van der Waals surface area contributed by atoms with Gasteiger partial charge >= 0.3 is 0 Å². The van der Waals surface area contributed by atoms with Crippen LogP contribution in [0.25, 0.3) is 10.9 Å². The van der Waals surface area contributed by atoms with Crippen LogP contribution in [0.1, 0.15) is 12.8 Å². The molecular weight excluding hydrogens is 398 g/mol. The minimum absolute atomic E-state index is 0.212. The van der Waals surface area contributed by atoms with Gasteiger partial charge < -0.3 is 24.8 Å². The number of nitrogens with zero attached hydrogens (tertiary/aromatic N) is 1. The van der Waals surface area contributed by atoms with E-state index in [4.69, 9.17) is 38.0 Å². The first-order valence-corrected chi connectivity index (χ1v) is 9.67. The lowest BCUT2D eigenvalue weighted by Gasteiger charge is -2.13. The molecule has 1 aliphatic carbocycles. The second-order valence-electron chi connectivity index (χ2n) is 6.65. The molecule has 0 amide bonds. The fourth-order valence-electron chi connectivity index (χ4n) is 2.96. The lowest BCUT2D eigenvalue weighted by atomic mass is 10.2. The van der Waals surface area contributed by atoms with Crippen LogP contribution in [0.3, 0.4) is 0 Å². The van der Waals surface area contributed by atoms with Gasteiger partial charge in [0, 0.05) is 29.8 Å². The highest BCUT2D eigenvalue weighted by Crippen LogP contribution is 2.40. The molecule has 1 aliphatic heterocycles. The van der Waals surface area contributed by atoms with Gasteiger partial charge in [0.05, 0.1) is 16.2 Å². The molecule has 1 fully saturated rings. The summed E-state index contributed by atoms with van der Waals surface area (Å²) in [5, 5.41) is 8.28. The van der Waals surface area contributed by atoms with E-state index >= 15 is 0 Å². The van der Waals surface area contributed by atoms with Crippen molar-refractivity contribution in [2.45, 2.75) is 18.9 Å². The summed E-state index contributed by atoms with van der Waals surface area (Å²) in [6.07, 6.45) is 4.00. The normalized spacial score (nSPS) is 14.8. The average Bonchev–Trinajstić information content (AvgIpc) is 3.36. The van der Waals surface area contributed by atoms with Crippen molar-refractivity contribution in [2.75, 3.05) is 12.1 Å². The van der Waals surface area contributed by atoms with E-state index in [2.05, 4.69) is 15.6 Å². The molecule has 142 valence electrons. The smallest absolute Gasteiger partial charge is 0.231 e. The molecule has 5 rings (SSSR count). The van der Waals surface area contributed by atoms with E-state index in [-0.39, 0.29) is 6.79 Å². The van der Waals surface area contributed by atoms with Crippen LogP contribution in [0.15, 0.2) is 42.6 Å². The molecule has 0 spiro atoms. The molecule has 2 aromatic carbocycles. The molecule has 0 bridgehead atoms. The van der Waals surface area contributed by atoms with Gasteiger partial charge in [-0.05, 0) is 49.3 Å². The summed E-state index contributed by atoms with van der Waals surface area (Å²) in [7, 11) is 0. The van der Waals surface area contributed by atoms with Gasteiger partial charge in [-0.1, -0.05) is 11.6 Å². The molecule has 0 atom stereocenters. The number of thiocarbonyl (C=S) groups is 1. The monoisotopic (exact) mass is 413 g/mol. The third-order valence-corrected chi connectivity index (χ3v) is 5.06. The highest BCUT2D eigenvalue weighted by molar-refractivity contribution is 7.80. The maximum Gasteiger partial charge on any atom is 0.231 e. The van der Waals surface area contributed by atoms with Crippen molar-refractivity contribution in [1.29, 1.82) is 0 Å². The largest absolute Gasteiger partial charge is 0.457 e. The number of halogens is 1. The molecule has 2 heterocycles. The van der Waals surface area contributed by atoms with Crippen LogP contribution >= 0.6 is 23.8 Å². The van der Waals surface area contributed by atoms with E-state index in [9.17, 15) is 0 Å². The number of rotatable bonds is 4. The Kier molecular flexibility index (Phi) is 4.33. The van der Waals surface area contributed by atoms with E-state index in [0.29, 0.717) is 39.2 Å². The molecule has 6 nitrogen and oxygen atoms in total. The predicted molar refractivity (Wildman–Crippen MR) is 112 cm³/mol. The number of pyridine rings is 1. The Hall–Kier alpha value is -2.77. The van der Waals surface area contributed by atoms with E-state index in [1.165, 1.54) is 0 Å². The van der Waals surface area contributed by atoms with Crippen LogP contribution in [-0.2, 0) is 0 Å². The molecule has 0 saturated heterocycles. The number of nitrogens with one attached hydrogen (secondary N) is 2. The van der Waals surface area contributed by atoms with Crippen molar-refractivity contribution in [1.82, 2.24) is 10.3 Å². The van der Waals surface area contributed by atoms with Gasteiger partial charge in [0.2, 0.25) is 6.79 Å². The second-order valence-corrected chi connectivity index (χ2v) is 7.46. The summed E-state index contributed by atoms with van der Waals surface area (Å²) in [4.78, 5) is 4.38. The number of fused-ring (bicyclic) bond motifs is 2. The molecule has 0 unspecified atom stereocenters. The summed E-state index contributed by atoms with van der Waals surface area (Å²) in [5.41, 5.74) is 1.50. The first-order chi connectivity index (χ1) is 13.7. The minimum atomic E-state index is 0.212. The lowest BCUT2D eigenvalue weighted by Crippen LogP contribution is -2.30. The third kappa shape index (κ3) is 3.50. The fraction of sp³-hybridized carbons (Fsp3) is 0.200. The van der Waals surface area contributed by atoms with Gasteiger partial charge in [0.25, 0.3) is 0 Å². The van der Waals surface area contributed by atoms with Crippen LogP contribution < -0.4 is 24.8 Å². The number of anilines is 1. The molecule has 3 aromatic rings. The molecule has 8 heteroatoms. The van der Waals surface area contributed by atoms with Crippen LogP contribution in [0.4, 0.5) is 5.69 Å². The highest BCUT2D eigenvalue weighted by Gasteiger charge is 2.22. The van der Waals surface area contributed by atoms with E-state index < -0.39 is 0 Å². The Bertz CT molecular complexity index is 1090. The Balaban J connectivity index is 1.38. The van der Waals surface area contributed by atoms with Crippen LogP contribution in [0, 0.1) is 0 Å². The van der Waals surface area contributed by atoms with Crippen molar-refractivity contribution in [2.24, 2.45) is 0 Å². The van der Waals surface area contributed by atoms with Crippen LogP contribution in [-0.4, -0.2) is 22.9 Å². The molecule has 0 radical (unpaired) electrons. The Morgan fingerprint density at radius 2 is 1.96 bits per heavy atom. The molecule has 28 heavy (non-hydrogen) atoms. The standard InChI is InChI=1S/C20H16ClN3O3S/c21-14-7-12(3-4-15(14)24-20(28)23-11-1-2-11)27-17-5-6-22-16-9-19-18(8-13(16)17)25-10-26-19/h3-9,11H,1-2,10H2,(H2,23,24,28). The second kappa shape index (κ2) is 7.00. The average molecular weight is 414 g/mol. The number of hydrogen-bond acceptors (Lipinski definition) is 5. The Labute approximate surface area is 171 Å². The molecule has 1 saturated carbocycles. The first kappa shape index (κ1) is 17.3. The van der Waals surface area contributed by atoms with Gasteiger partial charge in [-0.25, -0.2) is 0 Å². The minimum Gasteiger partial charge on any atom is -0.457 e.